The van der Waals surface area contributed by atoms with E-state index in [4.69, 9.17) is 0 Å². The van der Waals surface area contributed by atoms with Crippen LogP contribution in [0.2, 0.25) is 0 Å². The Morgan fingerprint density at radius 1 is 1.25 bits per heavy atom. The number of halogens is 1. The molecule has 0 radical (unpaired) electrons. The SMILES string of the molecule is Cc1cccc(C(=O)N(C)C2CCCNCC2)c1C.Cl. The number of rotatable bonds is 2. The minimum Gasteiger partial charge on any atom is -0.339 e. The Kier molecular flexibility index (Phi) is 6.50. The molecule has 2 rings (SSSR count). The predicted molar refractivity (Wildman–Crippen MR) is 85.8 cm³/mol. The molecule has 0 saturated carbocycles. The lowest BCUT2D eigenvalue weighted by Crippen LogP contribution is -2.38. The second kappa shape index (κ2) is 7.65. The van der Waals surface area contributed by atoms with Gasteiger partial charge in [-0.1, -0.05) is 12.1 Å². The molecule has 0 aromatic heterocycles. The van der Waals surface area contributed by atoms with E-state index in [0.717, 1.165) is 43.5 Å². The third-order valence-corrected chi connectivity index (χ3v) is 4.25. The number of nitrogens with zero attached hydrogens (tertiary/aromatic N) is 1. The molecule has 1 heterocycles. The first-order valence-corrected chi connectivity index (χ1v) is 7.15. The quantitative estimate of drug-likeness (QED) is 0.910. The summed E-state index contributed by atoms with van der Waals surface area (Å²) in [4.78, 5) is 14.6. The minimum atomic E-state index is 0. The summed E-state index contributed by atoms with van der Waals surface area (Å²) in [5.41, 5.74) is 3.13. The van der Waals surface area contributed by atoms with Crippen LogP contribution in [0.1, 0.15) is 40.7 Å². The van der Waals surface area contributed by atoms with Crippen molar-refractivity contribution in [3.05, 3.63) is 34.9 Å². The zero-order valence-corrected chi connectivity index (χ0v) is 13.4. The van der Waals surface area contributed by atoms with E-state index < -0.39 is 0 Å². The van der Waals surface area contributed by atoms with Crippen molar-refractivity contribution in [1.29, 1.82) is 0 Å². The number of carbonyl (C=O) groups is 1. The van der Waals surface area contributed by atoms with Crippen LogP contribution in [0.25, 0.3) is 0 Å². The smallest absolute Gasteiger partial charge is 0.254 e. The first-order valence-electron chi connectivity index (χ1n) is 7.15. The summed E-state index contributed by atoms with van der Waals surface area (Å²) in [6.07, 6.45) is 3.29. The maximum atomic E-state index is 12.6. The predicted octanol–water partition coefficient (Wildman–Crippen LogP) is 2.94. The van der Waals surface area contributed by atoms with E-state index in [-0.39, 0.29) is 18.3 Å². The van der Waals surface area contributed by atoms with Gasteiger partial charge in [-0.25, -0.2) is 0 Å². The molecule has 112 valence electrons. The number of carbonyl (C=O) groups excluding carboxylic acids is 1. The third-order valence-electron chi connectivity index (χ3n) is 4.25. The van der Waals surface area contributed by atoms with Gasteiger partial charge in [0, 0.05) is 18.7 Å². The topological polar surface area (TPSA) is 32.3 Å². The normalized spacial score (nSPS) is 18.9. The molecule has 3 nitrogen and oxygen atoms in total. The van der Waals surface area contributed by atoms with Gasteiger partial charge in [0.2, 0.25) is 0 Å². The largest absolute Gasteiger partial charge is 0.339 e. The fourth-order valence-electron chi connectivity index (χ4n) is 2.73. The molecule has 1 unspecified atom stereocenters. The molecule has 4 heteroatoms. The molecule has 0 bridgehead atoms. The lowest BCUT2D eigenvalue weighted by molar-refractivity contribution is 0.0719. The van der Waals surface area contributed by atoms with E-state index in [1.54, 1.807) is 0 Å². The summed E-state index contributed by atoms with van der Waals surface area (Å²) in [6, 6.07) is 6.33. The van der Waals surface area contributed by atoms with Crippen LogP contribution in [0.5, 0.6) is 0 Å². The van der Waals surface area contributed by atoms with Gasteiger partial charge in [0.1, 0.15) is 0 Å². The van der Waals surface area contributed by atoms with Gasteiger partial charge in [-0.05, 0) is 63.4 Å². The Hall–Kier alpha value is -1.06. The molecule has 1 atom stereocenters. The summed E-state index contributed by atoms with van der Waals surface area (Å²) in [5.74, 6) is 0.160. The Labute approximate surface area is 128 Å². The van der Waals surface area contributed by atoms with E-state index in [0.29, 0.717) is 6.04 Å². The lowest BCUT2D eigenvalue weighted by Gasteiger charge is -2.28. The first-order chi connectivity index (χ1) is 9.11. The van der Waals surface area contributed by atoms with Crippen LogP contribution in [-0.4, -0.2) is 37.0 Å². The molecule has 1 aliphatic rings. The number of hydrogen-bond acceptors (Lipinski definition) is 2. The molecule has 1 fully saturated rings. The van der Waals surface area contributed by atoms with Gasteiger partial charge in [0.05, 0.1) is 0 Å². The molecule has 0 spiro atoms. The standard InChI is InChI=1S/C16H24N2O.ClH/c1-12-6-4-8-15(13(12)2)16(19)18(3)14-7-5-10-17-11-9-14;/h4,6,8,14,17H,5,7,9-11H2,1-3H3;1H. The average Bonchev–Trinajstić information content (AvgIpc) is 2.69. The van der Waals surface area contributed by atoms with Crippen molar-refractivity contribution < 1.29 is 4.79 Å². The molecule has 20 heavy (non-hydrogen) atoms. The van der Waals surface area contributed by atoms with Gasteiger partial charge in [-0.3, -0.25) is 4.79 Å². The van der Waals surface area contributed by atoms with E-state index in [9.17, 15) is 4.79 Å². The number of hydrogen-bond donors (Lipinski definition) is 1. The van der Waals surface area contributed by atoms with Crippen LogP contribution in [0.15, 0.2) is 18.2 Å². The first kappa shape index (κ1) is 17.0. The second-order valence-electron chi connectivity index (χ2n) is 5.50. The maximum Gasteiger partial charge on any atom is 0.254 e. The monoisotopic (exact) mass is 296 g/mol. The molecule has 1 N–H and O–H groups in total. The highest BCUT2D eigenvalue weighted by atomic mass is 35.5. The van der Waals surface area contributed by atoms with Gasteiger partial charge >= 0.3 is 0 Å². The summed E-state index contributed by atoms with van der Waals surface area (Å²) >= 11 is 0. The van der Waals surface area contributed by atoms with Crippen LogP contribution >= 0.6 is 12.4 Å². The zero-order chi connectivity index (χ0) is 13.8. The Morgan fingerprint density at radius 3 is 2.75 bits per heavy atom. The van der Waals surface area contributed by atoms with E-state index in [1.165, 1.54) is 5.56 Å². The number of aryl methyl sites for hydroxylation is 1. The third kappa shape index (κ3) is 3.74. The number of amides is 1. The molecular weight excluding hydrogens is 272 g/mol. The second-order valence-corrected chi connectivity index (χ2v) is 5.50. The molecule has 1 aliphatic heterocycles. The van der Waals surface area contributed by atoms with Crippen molar-refractivity contribution in [2.45, 2.75) is 39.2 Å². The highest BCUT2D eigenvalue weighted by Crippen LogP contribution is 2.18. The van der Waals surface area contributed by atoms with E-state index in [1.807, 2.05) is 31.0 Å². The van der Waals surface area contributed by atoms with Gasteiger partial charge in [-0.15, -0.1) is 12.4 Å². The Morgan fingerprint density at radius 2 is 2.00 bits per heavy atom. The van der Waals surface area contributed by atoms with Gasteiger partial charge in [0.25, 0.3) is 5.91 Å². The highest BCUT2D eigenvalue weighted by Gasteiger charge is 2.23. The van der Waals surface area contributed by atoms with Gasteiger partial charge in [-0.2, -0.15) is 0 Å². The molecular formula is C16H25ClN2O. The number of nitrogens with one attached hydrogen (secondary N) is 1. The fourth-order valence-corrected chi connectivity index (χ4v) is 2.73. The van der Waals surface area contributed by atoms with Crippen LogP contribution in [0.4, 0.5) is 0 Å². The average molecular weight is 297 g/mol. The minimum absolute atomic E-state index is 0. The summed E-state index contributed by atoms with van der Waals surface area (Å²) in [6.45, 7) is 6.17. The summed E-state index contributed by atoms with van der Waals surface area (Å²) < 4.78 is 0. The summed E-state index contributed by atoms with van der Waals surface area (Å²) in [7, 11) is 1.94. The van der Waals surface area contributed by atoms with Crippen LogP contribution in [-0.2, 0) is 0 Å². The Bertz CT molecular complexity index is 454. The van der Waals surface area contributed by atoms with Crippen molar-refractivity contribution in [3.63, 3.8) is 0 Å². The lowest BCUT2D eigenvalue weighted by atomic mass is 10.0. The maximum absolute atomic E-state index is 12.6. The van der Waals surface area contributed by atoms with Crippen LogP contribution in [0.3, 0.4) is 0 Å². The molecule has 1 saturated heterocycles. The number of benzene rings is 1. The van der Waals surface area contributed by atoms with Crippen LogP contribution in [0, 0.1) is 13.8 Å². The zero-order valence-electron chi connectivity index (χ0n) is 12.6. The molecule has 1 aromatic carbocycles. The van der Waals surface area contributed by atoms with Crippen molar-refractivity contribution in [1.82, 2.24) is 10.2 Å². The van der Waals surface area contributed by atoms with Crippen molar-refractivity contribution in [2.75, 3.05) is 20.1 Å². The van der Waals surface area contributed by atoms with E-state index in [2.05, 4.69) is 18.3 Å². The van der Waals surface area contributed by atoms with Crippen molar-refractivity contribution >= 4 is 18.3 Å². The highest BCUT2D eigenvalue weighted by molar-refractivity contribution is 5.96. The molecule has 0 aliphatic carbocycles. The van der Waals surface area contributed by atoms with E-state index >= 15 is 0 Å². The van der Waals surface area contributed by atoms with Gasteiger partial charge in [0.15, 0.2) is 0 Å². The summed E-state index contributed by atoms with van der Waals surface area (Å²) in [5, 5.41) is 3.39. The van der Waals surface area contributed by atoms with Crippen molar-refractivity contribution in [3.8, 4) is 0 Å². The van der Waals surface area contributed by atoms with Crippen LogP contribution < -0.4 is 5.32 Å². The van der Waals surface area contributed by atoms with Gasteiger partial charge < -0.3 is 10.2 Å². The molecule has 1 aromatic rings. The molecule has 1 amide bonds. The van der Waals surface area contributed by atoms with Crippen molar-refractivity contribution in [2.24, 2.45) is 0 Å². The fraction of sp³-hybridized carbons (Fsp3) is 0.562. The Balaban J connectivity index is 0.00000200.